The van der Waals surface area contributed by atoms with Crippen molar-refractivity contribution >= 4 is 41.0 Å². The first-order valence-electron chi connectivity index (χ1n) is 9.79. The highest BCUT2D eigenvalue weighted by atomic mass is 35.5. The number of amides is 2. The van der Waals surface area contributed by atoms with E-state index < -0.39 is 23.4 Å². The van der Waals surface area contributed by atoms with E-state index in [0.29, 0.717) is 17.1 Å². The van der Waals surface area contributed by atoms with E-state index in [4.69, 9.17) is 16.3 Å². The summed E-state index contributed by atoms with van der Waals surface area (Å²) in [6, 6.07) is 11.8. The lowest BCUT2D eigenvalue weighted by Crippen LogP contribution is -2.28. The zero-order chi connectivity index (χ0) is 23.5. The monoisotopic (exact) mass is 465 g/mol. The Hall–Kier alpha value is -4.04. The highest BCUT2D eigenvalue weighted by molar-refractivity contribution is 6.36. The van der Waals surface area contributed by atoms with E-state index >= 15 is 0 Å². The number of halogens is 2. The zero-order valence-electron chi connectivity index (χ0n) is 17.3. The van der Waals surface area contributed by atoms with Gasteiger partial charge in [0.25, 0.3) is 11.8 Å². The van der Waals surface area contributed by atoms with Crippen LogP contribution in [0.5, 0.6) is 5.88 Å². The maximum Gasteiger partial charge on any atom is 0.259 e. The molecule has 2 aromatic carbocycles. The lowest BCUT2D eigenvalue weighted by atomic mass is 9.93. The van der Waals surface area contributed by atoms with Gasteiger partial charge < -0.3 is 15.4 Å². The number of hydrogen-bond donors (Lipinski definition) is 2. The zero-order valence-corrected chi connectivity index (χ0v) is 18.1. The normalized spacial score (nSPS) is 14.0. The lowest BCUT2D eigenvalue weighted by Gasteiger charge is -2.19. The van der Waals surface area contributed by atoms with Crippen molar-refractivity contribution in [2.75, 3.05) is 12.4 Å². The van der Waals surface area contributed by atoms with Crippen LogP contribution in [0.1, 0.15) is 31.8 Å². The molecule has 1 aliphatic heterocycles. The van der Waals surface area contributed by atoms with E-state index in [9.17, 15) is 18.8 Å². The van der Waals surface area contributed by atoms with Gasteiger partial charge in [-0.15, -0.1) is 0 Å². The Bertz CT molecular complexity index is 1320. The molecule has 1 aliphatic rings. The predicted octanol–water partition coefficient (Wildman–Crippen LogP) is 4.03. The lowest BCUT2D eigenvalue weighted by molar-refractivity contribution is -0.112. The molecule has 0 bridgehead atoms. The van der Waals surface area contributed by atoms with E-state index in [1.807, 2.05) is 0 Å². The number of anilines is 1. The molecule has 0 unspecified atom stereocenters. The second-order valence-electron chi connectivity index (χ2n) is 7.16. The number of benzene rings is 2. The summed E-state index contributed by atoms with van der Waals surface area (Å²) in [5.74, 6) is -1.83. The van der Waals surface area contributed by atoms with Gasteiger partial charge in [-0.05, 0) is 53.6 Å². The van der Waals surface area contributed by atoms with E-state index in [1.165, 1.54) is 43.5 Å². The van der Waals surface area contributed by atoms with Crippen molar-refractivity contribution in [1.29, 1.82) is 0 Å². The van der Waals surface area contributed by atoms with Gasteiger partial charge >= 0.3 is 0 Å². The maximum atomic E-state index is 13.7. The number of methoxy groups -OCH3 is 1. The van der Waals surface area contributed by atoms with Crippen LogP contribution in [0.15, 0.2) is 60.3 Å². The second kappa shape index (κ2) is 9.22. The first-order valence-corrected chi connectivity index (χ1v) is 10.2. The highest BCUT2D eigenvalue weighted by Gasteiger charge is 2.29. The Kier molecular flexibility index (Phi) is 6.19. The molecule has 4 rings (SSSR count). The molecule has 2 heterocycles. The standard InChI is InChI=1S/C24H17ClFN3O4/c1-33-21-10-14(6-7-27-21)12-28-23(31)15-3-5-20-16(11-15)22(30)17(24(32)29-20)8-13-2-4-18(25)19(26)9-13/h2-11H,12H2,1H3,(H,28,31)(H,29,32)/b17-8-. The topological polar surface area (TPSA) is 97.4 Å². The van der Waals surface area contributed by atoms with Gasteiger partial charge in [-0.25, -0.2) is 9.37 Å². The van der Waals surface area contributed by atoms with E-state index in [1.54, 1.807) is 18.3 Å². The number of aromatic nitrogens is 1. The van der Waals surface area contributed by atoms with Crippen LogP contribution in [0.25, 0.3) is 6.08 Å². The molecule has 33 heavy (non-hydrogen) atoms. The third kappa shape index (κ3) is 4.75. The number of hydrogen-bond acceptors (Lipinski definition) is 5. The number of Topliss-reactive ketones (excluding diaryl/α,β-unsaturated/α-hetero) is 1. The number of carbonyl (C=O) groups excluding carboxylic acids is 3. The number of fused-ring (bicyclic) bond motifs is 1. The number of nitrogens with one attached hydrogen (secondary N) is 2. The van der Waals surface area contributed by atoms with Crippen LogP contribution < -0.4 is 15.4 Å². The maximum absolute atomic E-state index is 13.7. The Balaban J connectivity index is 1.56. The summed E-state index contributed by atoms with van der Waals surface area (Å²) in [5, 5.41) is 5.33. The molecule has 1 aromatic heterocycles. The molecule has 9 heteroatoms. The van der Waals surface area contributed by atoms with Crippen molar-refractivity contribution in [1.82, 2.24) is 10.3 Å². The second-order valence-corrected chi connectivity index (χ2v) is 7.57. The van der Waals surface area contributed by atoms with Crippen molar-refractivity contribution in [3.8, 4) is 5.88 Å². The molecule has 166 valence electrons. The van der Waals surface area contributed by atoms with Crippen LogP contribution in [-0.2, 0) is 11.3 Å². The van der Waals surface area contributed by atoms with Crippen molar-refractivity contribution < 1.29 is 23.5 Å². The number of carbonyl (C=O) groups is 3. The predicted molar refractivity (Wildman–Crippen MR) is 121 cm³/mol. The average molecular weight is 466 g/mol. The Labute approximate surface area is 193 Å². The van der Waals surface area contributed by atoms with E-state index in [-0.39, 0.29) is 28.3 Å². The van der Waals surface area contributed by atoms with Gasteiger partial charge in [-0.1, -0.05) is 17.7 Å². The molecule has 3 aromatic rings. The quantitative estimate of drug-likeness (QED) is 0.438. The highest BCUT2D eigenvalue weighted by Crippen LogP contribution is 2.28. The van der Waals surface area contributed by atoms with Gasteiger partial charge in [0.1, 0.15) is 5.82 Å². The first-order chi connectivity index (χ1) is 15.9. The van der Waals surface area contributed by atoms with Gasteiger partial charge in [0, 0.05) is 29.9 Å². The molecule has 2 amide bonds. The molecular weight excluding hydrogens is 449 g/mol. The average Bonchev–Trinajstić information content (AvgIpc) is 2.82. The van der Waals surface area contributed by atoms with Crippen LogP contribution in [0.2, 0.25) is 5.02 Å². The summed E-state index contributed by atoms with van der Waals surface area (Å²) in [6.07, 6.45) is 2.85. The summed E-state index contributed by atoms with van der Waals surface area (Å²) in [6.45, 7) is 0.229. The largest absolute Gasteiger partial charge is 0.481 e. The van der Waals surface area contributed by atoms with Crippen LogP contribution in [-0.4, -0.2) is 29.7 Å². The Morgan fingerprint density at radius 1 is 1.18 bits per heavy atom. The van der Waals surface area contributed by atoms with Crippen molar-refractivity contribution in [2.24, 2.45) is 0 Å². The molecule has 0 aliphatic carbocycles. The first kappa shape index (κ1) is 22.2. The third-order valence-corrected chi connectivity index (χ3v) is 5.29. The minimum atomic E-state index is -0.666. The van der Waals surface area contributed by atoms with Gasteiger partial charge in [-0.2, -0.15) is 0 Å². The number of ketones is 1. The molecule has 7 nitrogen and oxygen atoms in total. The van der Waals surface area contributed by atoms with Gasteiger partial charge in [0.15, 0.2) is 0 Å². The van der Waals surface area contributed by atoms with Gasteiger partial charge in [-0.3, -0.25) is 14.4 Å². The number of nitrogens with zero attached hydrogens (tertiary/aromatic N) is 1. The minimum Gasteiger partial charge on any atom is -0.481 e. The Morgan fingerprint density at radius 2 is 2.00 bits per heavy atom. The fraction of sp³-hybridized carbons (Fsp3) is 0.0833. The minimum absolute atomic E-state index is 0.0669. The summed E-state index contributed by atoms with van der Waals surface area (Å²) >= 11 is 5.69. The summed E-state index contributed by atoms with van der Waals surface area (Å²) in [7, 11) is 1.50. The van der Waals surface area contributed by atoms with Gasteiger partial charge in [0.05, 0.1) is 23.4 Å². The van der Waals surface area contributed by atoms with Crippen LogP contribution in [0.3, 0.4) is 0 Å². The van der Waals surface area contributed by atoms with Gasteiger partial charge in [0.2, 0.25) is 11.7 Å². The summed E-state index contributed by atoms with van der Waals surface area (Å²) in [4.78, 5) is 42.1. The van der Waals surface area contributed by atoms with E-state index in [0.717, 1.165) is 11.6 Å². The summed E-state index contributed by atoms with van der Waals surface area (Å²) in [5.41, 5.74) is 1.62. The van der Waals surface area contributed by atoms with Crippen LogP contribution in [0.4, 0.5) is 10.1 Å². The third-order valence-electron chi connectivity index (χ3n) is 4.98. The fourth-order valence-corrected chi connectivity index (χ4v) is 3.39. The summed E-state index contributed by atoms with van der Waals surface area (Å²) < 4.78 is 18.8. The molecule has 0 saturated heterocycles. The Morgan fingerprint density at radius 3 is 2.76 bits per heavy atom. The molecule has 0 fully saturated rings. The van der Waals surface area contributed by atoms with E-state index in [2.05, 4.69) is 15.6 Å². The molecule has 0 atom stereocenters. The van der Waals surface area contributed by atoms with Crippen molar-refractivity contribution in [2.45, 2.75) is 6.54 Å². The fourth-order valence-electron chi connectivity index (χ4n) is 3.28. The molecular formula is C24H17ClFN3O4. The van der Waals surface area contributed by atoms with Crippen LogP contribution in [0, 0.1) is 5.82 Å². The number of pyridine rings is 1. The SMILES string of the molecule is COc1cc(CNC(=O)c2ccc3c(c2)C(=O)/C(=C/c2ccc(Cl)c(F)c2)C(=O)N3)ccn1. The molecule has 0 spiro atoms. The van der Waals surface area contributed by atoms with Crippen LogP contribution >= 0.6 is 11.6 Å². The van der Waals surface area contributed by atoms with Crippen molar-refractivity contribution in [3.63, 3.8) is 0 Å². The smallest absolute Gasteiger partial charge is 0.259 e. The number of rotatable bonds is 5. The molecule has 0 radical (unpaired) electrons. The number of ether oxygens (including phenoxy) is 1. The molecule has 0 saturated carbocycles. The molecule has 2 N–H and O–H groups in total. The van der Waals surface area contributed by atoms with Crippen molar-refractivity contribution in [3.05, 3.63) is 93.4 Å².